The molecule has 15 heavy (non-hydrogen) atoms. The van der Waals surface area contributed by atoms with E-state index in [0.29, 0.717) is 6.54 Å². The molecule has 3 nitrogen and oxygen atoms in total. The van der Waals surface area contributed by atoms with Gasteiger partial charge in [0.2, 0.25) is 5.91 Å². The van der Waals surface area contributed by atoms with Crippen molar-refractivity contribution >= 4 is 11.6 Å². The second-order valence-electron chi connectivity index (χ2n) is 3.69. The zero-order chi connectivity index (χ0) is 10.8. The van der Waals surface area contributed by atoms with Crippen LogP contribution in [-0.2, 0) is 4.79 Å². The molecule has 2 unspecified atom stereocenters. The highest BCUT2D eigenvalue weighted by Gasteiger charge is 2.33. The van der Waals surface area contributed by atoms with Gasteiger partial charge in [-0.2, -0.15) is 0 Å². The van der Waals surface area contributed by atoms with Gasteiger partial charge in [0.25, 0.3) is 0 Å². The molecule has 1 aliphatic carbocycles. The Hall–Kier alpha value is -1.64. The van der Waals surface area contributed by atoms with Crippen molar-refractivity contribution in [3.05, 3.63) is 37.0 Å². The number of rotatable bonds is 2. The maximum Gasteiger partial charge on any atom is 0.237 e. The van der Waals surface area contributed by atoms with Crippen molar-refractivity contribution < 1.29 is 4.79 Å². The average molecular weight is 202 g/mol. The molecule has 0 aromatic heterocycles. The molecular formula is C12H14N2O. The fourth-order valence-corrected chi connectivity index (χ4v) is 1.89. The number of nitrogens with zero attached hydrogens (tertiary/aromatic N) is 2. The van der Waals surface area contributed by atoms with Crippen molar-refractivity contribution in [1.29, 1.82) is 0 Å². The van der Waals surface area contributed by atoms with E-state index < -0.39 is 0 Å². The summed E-state index contributed by atoms with van der Waals surface area (Å²) in [4.78, 5) is 18.3. The van der Waals surface area contributed by atoms with Crippen LogP contribution in [0.3, 0.4) is 0 Å². The number of fused-ring (bicyclic) bond motifs is 1. The molecule has 1 heterocycles. The Balaban J connectivity index is 2.32. The van der Waals surface area contributed by atoms with E-state index in [-0.39, 0.29) is 18.0 Å². The number of carbonyl (C=O) groups excluding carboxylic acids is 1. The molecule has 1 aliphatic heterocycles. The first kappa shape index (κ1) is 9.90. The van der Waals surface area contributed by atoms with Gasteiger partial charge in [0.1, 0.15) is 6.17 Å². The summed E-state index contributed by atoms with van der Waals surface area (Å²) in [6, 6.07) is 0. The van der Waals surface area contributed by atoms with Gasteiger partial charge in [-0.3, -0.25) is 9.79 Å². The molecule has 0 fully saturated rings. The van der Waals surface area contributed by atoms with Gasteiger partial charge in [0.05, 0.1) is 11.6 Å². The lowest BCUT2D eigenvalue weighted by atomic mass is 9.94. The normalized spacial score (nSPS) is 28.7. The minimum atomic E-state index is -0.189. The summed E-state index contributed by atoms with van der Waals surface area (Å²) in [5.74, 6) is -0.0702. The van der Waals surface area contributed by atoms with Crippen LogP contribution < -0.4 is 0 Å². The summed E-state index contributed by atoms with van der Waals surface area (Å²) in [7, 11) is 0. The van der Waals surface area contributed by atoms with Crippen LogP contribution in [0.15, 0.2) is 42.0 Å². The molecule has 2 aliphatic rings. The number of allylic oxidation sites excluding steroid dienone is 3. The lowest BCUT2D eigenvalue weighted by Gasteiger charge is -2.34. The van der Waals surface area contributed by atoms with Gasteiger partial charge in [-0.25, -0.2) is 0 Å². The molecule has 2 atom stereocenters. The second kappa shape index (κ2) is 3.85. The van der Waals surface area contributed by atoms with Crippen LogP contribution in [0.25, 0.3) is 0 Å². The van der Waals surface area contributed by atoms with Crippen LogP contribution in [0, 0.1) is 5.92 Å². The number of hydrogen-bond acceptors (Lipinski definition) is 2. The Morgan fingerprint density at radius 3 is 3.13 bits per heavy atom. The average Bonchev–Trinajstić information content (AvgIpc) is 2.24. The van der Waals surface area contributed by atoms with E-state index in [0.717, 1.165) is 5.71 Å². The SMILES string of the molecule is C=CCN1C(=O)C2C=CC=CC2=NC1C. The monoisotopic (exact) mass is 202 g/mol. The Kier molecular flexibility index (Phi) is 2.54. The highest BCUT2D eigenvalue weighted by atomic mass is 16.2. The predicted molar refractivity (Wildman–Crippen MR) is 60.6 cm³/mol. The fraction of sp³-hybridized carbons (Fsp3) is 0.333. The number of carbonyl (C=O) groups is 1. The first-order valence-corrected chi connectivity index (χ1v) is 5.08. The smallest absolute Gasteiger partial charge is 0.237 e. The van der Waals surface area contributed by atoms with Gasteiger partial charge in [0, 0.05) is 6.54 Å². The van der Waals surface area contributed by atoms with Gasteiger partial charge in [0.15, 0.2) is 0 Å². The molecule has 0 N–H and O–H groups in total. The second-order valence-corrected chi connectivity index (χ2v) is 3.69. The van der Waals surface area contributed by atoms with Crippen LogP contribution in [0.2, 0.25) is 0 Å². The van der Waals surface area contributed by atoms with E-state index in [2.05, 4.69) is 11.6 Å². The summed E-state index contributed by atoms with van der Waals surface area (Å²) in [6.07, 6.45) is 9.25. The molecule has 0 aromatic rings. The van der Waals surface area contributed by atoms with Gasteiger partial charge < -0.3 is 4.90 Å². The highest BCUT2D eigenvalue weighted by Crippen LogP contribution is 2.21. The molecule has 3 heteroatoms. The van der Waals surface area contributed by atoms with E-state index in [1.165, 1.54) is 0 Å². The first-order valence-electron chi connectivity index (χ1n) is 5.08. The van der Waals surface area contributed by atoms with Gasteiger partial charge >= 0.3 is 0 Å². The molecule has 2 rings (SSSR count). The molecule has 0 spiro atoms. The van der Waals surface area contributed by atoms with Gasteiger partial charge in [-0.15, -0.1) is 6.58 Å². The first-order chi connectivity index (χ1) is 7.24. The highest BCUT2D eigenvalue weighted by molar-refractivity contribution is 6.13. The molecule has 78 valence electrons. The Bertz CT molecular complexity index is 379. The van der Waals surface area contributed by atoms with Crippen LogP contribution >= 0.6 is 0 Å². The molecule has 0 aromatic carbocycles. The van der Waals surface area contributed by atoms with Gasteiger partial charge in [-0.1, -0.05) is 24.3 Å². The summed E-state index contributed by atoms with van der Waals surface area (Å²) < 4.78 is 0. The van der Waals surface area contributed by atoms with Crippen LogP contribution in [0.1, 0.15) is 6.92 Å². The lowest BCUT2D eigenvalue weighted by molar-refractivity contribution is -0.134. The number of aliphatic imine (C=N–C) groups is 1. The molecule has 1 amide bonds. The fourth-order valence-electron chi connectivity index (χ4n) is 1.89. The lowest BCUT2D eigenvalue weighted by Crippen LogP contribution is -2.47. The van der Waals surface area contributed by atoms with Crippen molar-refractivity contribution in [3.8, 4) is 0 Å². The Morgan fingerprint density at radius 2 is 2.40 bits per heavy atom. The molecule has 0 radical (unpaired) electrons. The van der Waals surface area contributed by atoms with E-state index in [9.17, 15) is 4.79 Å². The summed E-state index contributed by atoms with van der Waals surface area (Å²) >= 11 is 0. The van der Waals surface area contributed by atoms with E-state index in [4.69, 9.17) is 0 Å². The third-order valence-corrected chi connectivity index (χ3v) is 2.66. The topological polar surface area (TPSA) is 32.7 Å². The maximum absolute atomic E-state index is 12.1. The largest absolute Gasteiger partial charge is 0.316 e. The summed E-state index contributed by atoms with van der Waals surface area (Å²) in [5.41, 5.74) is 0.871. The molecule has 0 saturated heterocycles. The van der Waals surface area contributed by atoms with Crippen LogP contribution in [0.4, 0.5) is 0 Å². The maximum atomic E-state index is 12.1. The van der Waals surface area contributed by atoms with Crippen LogP contribution in [0.5, 0.6) is 0 Å². The van der Waals surface area contributed by atoms with Crippen molar-refractivity contribution in [3.63, 3.8) is 0 Å². The Morgan fingerprint density at radius 1 is 1.60 bits per heavy atom. The Labute approximate surface area is 89.5 Å². The zero-order valence-electron chi connectivity index (χ0n) is 8.76. The van der Waals surface area contributed by atoms with E-state index in [1.807, 2.05) is 31.2 Å². The van der Waals surface area contributed by atoms with Crippen molar-refractivity contribution in [2.45, 2.75) is 13.1 Å². The zero-order valence-corrected chi connectivity index (χ0v) is 8.76. The van der Waals surface area contributed by atoms with Crippen molar-refractivity contribution in [1.82, 2.24) is 4.90 Å². The third-order valence-electron chi connectivity index (χ3n) is 2.66. The molecule has 0 saturated carbocycles. The third kappa shape index (κ3) is 1.65. The molecular weight excluding hydrogens is 188 g/mol. The standard InChI is InChI=1S/C12H14N2O/c1-3-8-14-9(2)13-11-7-5-4-6-10(11)12(14)15/h3-7,9-10H,1,8H2,2H3. The van der Waals surface area contributed by atoms with Gasteiger partial charge in [-0.05, 0) is 13.0 Å². The van der Waals surface area contributed by atoms with Crippen molar-refractivity contribution in [2.75, 3.05) is 6.54 Å². The summed E-state index contributed by atoms with van der Waals surface area (Å²) in [6.45, 7) is 6.14. The van der Waals surface area contributed by atoms with Crippen molar-refractivity contribution in [2.24, 2.45) is 10.9 Å². The van der Waals surface area contributed by atoms with Crippen LogP contribution in [-0.4, -0.2) is 29.2 Å². The van der Waals surface area contributed by atoms with E-state index >= 15 is 0 Å². The molecule has 0 bridgehead atoms. The minimum absolute atomic E-state index is 0.0853. The number of amides is 1. The quantitative estimate of drug-likeness (QED) is 0.625. The minimum Gasteiger partial charge on any atom is -0.316 e. The number of hydrogen-bond donors (Lipinski definition) is 0. The van der Waals surface area contributed by atoms with E-state index in [1.54, 1.807) is 11.0 Å². The summed E-state index contributed by atoms with van der Waals surface area (Å²) in [5, 5.41) is 0. The predicted octanol–water partition coefficient (Wildman–Crippen LogP) is 1.54.